The van der Waals surface area contributed by atoms with E-state index in [9.17, 15) is 4.79 Å². The summed E-state index contributed by atoms with van der Waals surface area (Å²) in [6, 6.07) is 11.6. The standard InChI is InChI=1S/C20H22N2O3/c1-14-7-10-22(18-5-3-2-4-17(14)18)20(23)15-6-9-21-19(12-15)25-16-8-11-24-13-16/h2-6,9,12,14,16H,7-8,10-11,13H2,1H3/t14-,16-/m1/s1. The molecule has 2 atom stereocenters. The van der Waals surface area contributed by atoms with Crippen LogP contribution in [0.25, 0.3) is 0 Å². The summed E-state index contributed by atoms with van der Waals surface area (Å²) in [5.74, 6) is 0.952. The van der Waals surface area contributed by atoms with E-state index < -0.39 is 0 Å². The SMILES string of the molecule is C[C@@H]1CCN(C(=O)c2ccnc(O[C@@H]3CCOC3)c2)c2ccccc21. The zero-order valence-electron chi connectivity index (χ0n) is 14.4. The van der Waals surface area contributed by atoms with Crippen LogP contribution in [0.5, 0.6) is 5.88 Å². The van der Waals surface area contributed by atoms with Crippen molar-refractivity contribution in [1.29, 1.82) is 0 Å². The van der Waals surface area contributed by atoms with Crippen LogP contribution in [-0.2, 0) is 4.74 Å². The number of pyridine rings is 1. The molecular formula is C20H22N2O3. The molecule has 0 bridgehead atoms. The van der Waals surface area contributed by atoms with E-state index in [4.69, 9.17) is 9.47 Å². The molecule has 2 aromatic rings. The van der Waals surface area contributed by atoms with Gasteiger partial charge in [0.25, 0.3) is 5.91 Å². The minimum Gasteiger partial charge on any atom is -0.472 e. The minimum absolute atomic E-state index is 0.00530. The van der Waals surface area contributed by atoms with Crippen molar-refractivity contribution in [1.82, 2.24) is 4.98 Å². The fourth-order valence-corrected chi connectivity index (χ4v) is 3.50. The van der Waals surface area contributed by atoms with Crippen LogP contribution in [0.2, 0.25) is 0 Å². The Balaban J connectivity index is 1.58. The zero-order valence-corrected chi connectivity index (χ0v) is 14.4. The molecule has 130 valence electrons. The number of hydrogen-bond acceptors (Lipinski definition) is 4. The van der Waals surface area contributed by atoms with Crippen LogP contribution < -0.4 is 9.64 Å². The van der Waals surface area contributed by atoms with Crippen LogP contribution in [0, 0.1) is 0 Å². The number of rotatable bonds is 3. The molecule has 0 N–H and O–H groups in total. The summed E-state index contributed by atoms with van der Waals surface area (Å²) >= 11 is 0. The van der Waals surface area contributed by atoms with Crippen molar-refractivity contribution in [2.75, 3.05) is 24.7 Å². The molecule has 0 radical (unpaired) electrons. The predicted octanol–water partition coefficient (Wildman–Crippen LogP) is 3.40. The molecule has 25 heavy (non-hydrogen) atoms. The maximum absolute atomic E-state index is 13.1. The predicted molar refractivity (Wildman–Crippen MR) is 95.2 cm³/mol. The number of anilines is 1. The molecule has 1 amide bonds. The summed E-state index contributed by atoms with van der Waals surface area (Å²) in [5.41, 5.74) is 2.85. The second kappa shape index (κ2) is 6.84. The van der Waals surface area contributed by atoms with Gasteiger partial charge in [-0.25, -0.2) is 4.98 Å². The number of ether oxygens (including phenoxy) is 2. The highest BCUT2D eigenvalue weighted by Gasteiger charge is 2.27. The first-order valence-electron chi connectivity index (χ1n) is 8.83. The van der Waals surface area contributed by atoms with E-state index in [0.717, 1.165) is 25.1 Å². The second-order valence-corrected chi connectivity index (χ2v) is 6.69. The van der Waals surface area contributed by atoms with Crippen LogP contribution in [0.1, 0.15) is 41.6 Å². The third-order valence-corrected chi connectivity index (χ3v) is 4.95. The lowest BCUT2D eigenvalue weighted by Gasteiger charge is -2.33. The van der Waals surface area contributed by atoms with Gasteiger partial charge in [0.1, 0.15) is 6.10 Å². The van der Waals surface area contributed by atoms with Crippen LogP contribution in [-0.4, -0.2) is 36.8 Å². The third kappa shape index (κ3) is 3.24. The highest BCUT2D eigenvalue weighted by molar-refractivity contribution is 6.06. The largest absolute Gasteiger partial charge is 0.472 e. The number of fused-ring (bicyclic) bond motifs is 1. The lowest BCUT2D eigenvalue weighted by Crippen LogP contribution is -2.36. The summed E-state index contributed by atoms with van der Waals surface area (Å²) in [6.07, 6.45) is 3.49. The summed E-state index contributed by atoms with van der Waals surface area (Å²) in [7, 11) is 0. The number of nitrogens with zero attached hydrogens (tertiary/aromatic N) is 2. The van der Waals surface area contributed by atoms with E-state index in [0.29, 0.717) is 30.6 Å². The summed E-state index contributed by atoms with van der Waals surface area (Å²) in [5, 5.41) is 0. The molecule has 5 heteroatoms. The van der Waals surface area contributed by atoms with Gasteiger partial charge >= 0.3 is 0 Å². The molecule has 2 aliphatic rings. The van der Waals surface area contributed by atoms with Gasteiger partial charge in [-0.15, -0.1) is 0 Å². The Kier molecular flexibility index (Phi) is 4.40. The topological polar surface area (TPSA) is 51.7 Å². The highest BCUT2D eigenvalue weighted by atomic mass is 16.5. The average Bonchev–Trinajstić information content (AvgIpc) is 3.15. The maximum Gasteiger partial charge on any atom is 0.258 e. The minimum atomic E-state index is -0.00530. The molecule has 4 rings (SSSR count). The Labute approximate surface area is 147 Å². The van der Waals surface area contributed by atoms with E-state index in [-0.39, 0.29) is 12.0 Å². The van der Waals surface area contributed by atoms with Gasteiger partial charge in [-0.3, -0.25) is 4.79 Å². The van der Waals surface area contributed by atoms with Crippen molar-refractivity contribution < 1.29 is 14.3 Å². The van der Waals surface area contributed by atoms with Crippen molar-refractivity contribution in [3.63, 3.8) is 0 Å². The Bertz CT molecular complexity index is 771. The van der Waals surface area contributed by atoms with Crippen molar-refractivity contribution in [3.8, 4) is 5.88 Å². The molecule has 1 aromatic carbocycles. The first kappa shape index (κ1) is 16.1. The second-order valence-electron chi connectivity index (χ2n) is 6.69. The smallest absolute Gasteiger partial charge is 0.258 e. The quantitative estimate of drug-likeness (QED) is 0.861. The maximum atomic E-state index is 13.1. The Morgan fingerprint density at radius 2 is 2.16 bits per heavy atom. The van der Waals surface area contributed by atoms with Gasteiger partial charge in [0.05, 0.1) is 13.2 Å². The van der Waals surface area contributed by atoms with Crippen LogP contribution in [0.15, 0.2) is 42.6 Å². The fourth-order valence-electron chi connectivity index (χ4n) is 3.50. The molecule has 0 aliphatic carbocycles. The first-order chi connectivity index (χ1) is 12.2. The Morgan fingerprint density at radius 1 is 1.28 bits per heavy atom. The molecule has 1 saturated heterocycles. The molecule has 0 spiro atoms. The van der Waals surface area contributed by atoms with Crippen LogP contribution in [0.3, 0.4) is 0 Å². The average molecular weight is 338 g/mol. The number of carbonyl (C=O) groups excluding carboxylic acids is 1. The van der Waals surface area contributed by atoms with Crippen LogP contribution in [0.4, 0.5) is 5.69 Å². The van der Waals surface area contributed by atoms with Gasteiger partial charge in [-0.2, -0.15) is 0 Å². The number of amides is 1. The molecule has 1 aromatic heterocycles. The fraction of sp³-hybridized carbons (Fsp3) is 0.400. The van der Waals surface area contributed by atoms with Gasteiger partial charge in [0.2, 0.25) is 5.88 Å². The van der Waals surface area contributed by atoms with Gasteiger partial charge in [0, 0.05) is 36.5 Å². The monoisotopic (exact) mass is 338 g/mol. The third-order valence-electron chi connectivity index (χ3n) is 4.95. The van der Waals surface area contributed by atoms with E-state index in [2.05, 4.69) is 18.0 Å². The van der Waals surface area contributed by atoms with E-state index >= 15 is 0 Å². The lowest BCUT2D eigenvalue weighted by atomic mass is 9.91. The lowest BCUT2D eigenvalue weighted by molar-refractivity contribution is 0.0982. The number of para-hydroxylation sites is 1. The van der Waals surface area contributed by atoms with Crippen molar-refractivity contribution >= 4 is 11.6 Å². The van der Waals surface area contributed by atoms with Crippen molar-refractivity contribution in [3.05, 3.63) is 53.7 Å². The summed E-state index contributed by atoms with van der Waals surface area (Å²) in [6.45, 7) is 4.23. The van der Waals surface area contributed by atoms with Gasteiger partial charge in [-0.1, -0.05) is 25.1 Å². The Morgan fingerprint density at radius 3 is 3.00 bits per heavy atom. The number of aromatic nitrogens is 1. The molecule has 1 fully saturated rings. The zero-order chi connectivity index (χ0) is 17.2. The van der Waals surface area contributed by atoms with Gasteiger partial charge in [0.15, 0.2) is 0 Å². The molecule has 0 saturated carbocycles. The molecule has 2 aliphatic heterocycles. The number of benzene rings is 1. The van der Waals surface area contributed by atoms with E-state index in [1.165, 1.54) is 5.56 Å². The normalized spacial score (nSPS) is 22.5. The van der Waals surface area contributed by atoms with E-state index in [1.807, 2.05) is 23.1 Å². The number of carbonyl (C=O) groups is 1. The molecule has 3 heterocycles. The Hall–Kier alpha value is -2.40. The summed E-state index contributed by atoms with van der Waals surface area (Å²) in [4.78, 5) is 19.2. The van der Waals surface area contributed by atoms with Gasteiger partial charge in [-0.05, 0) is 30.0 Å². The van der Waals surface area contributed by atoms with Crippen molar-refractivity contribution in [2.24, 2.45) is 0 Å². The van der Waals surface area contributed by atoms with Crippen molar-refractivity contribution in [2.45, 2.75) is 31.8 Å². The molecule has 5 nitrogen and oxygen atoms in total. The first-order valence-corrected chi connectivity index (χ1v) is 8.83. The van der Waals surface area contributed by atoms with Crippen LogP contribution >= 0.6 is 0 Å². The van der Waals surface area contributed by atoms with E-state index in [1.54, 1.807) is 18.3 Å². The molecule has 0 unspecified atom stereocenters. The highest BCUT2D eigenvalue weighted by Crippen LogP contribution is 2.35. The number of hydrogen-bond donors (Lipinski definition) is 0. The van der Waals surface area contributed by atoms with Gasteiger partial charge < -0.3 is 14.4 Å². The summed E-state index contributed by atoms with van der Waals surface area (Å²) < 4.78 is 11.2. The molecular weight excluding hydrogens is 316 g/mol.